The smallest absolute Gasteiger partial charge is 0.169 e. The molecule has 2 nitrogen and oxygen atoms in total. The third-order valence-corrected chi connectivity index (χ3v) is 2.23. The first kappa shape index (κ1) is 10.3. The van der Waals surface area contributed by atoms with Gasteiger partial charge in [-0.15, -0.1) is 0 Å². The molecule has 13 heavy (non-hydrogen) atoms. The average Bonchev–Trinajstić information content (AvgIpc) is 2.08. The van der Waals surface area contributed by atoms with E-state index in [0.29, 0.717) is 5.75 Å². The number of carbonyl (C=O) groups excluding carboxylic acids is 1. The third-order valence-electron chi connectivity index (χ3n) is 1.70. The van der Waals surface area contributed by atoms with Crippen molar-refractivity contribution in [1.82, 2.24) is 0 Å². The molecule has 0 bridgehead atoms. The molecule has 0 aliphatic rings. The van der Waals surface area contributed by atoms with Gasteiger partial charge in [-0.05, 0) is 38.1 Å². The predicted octanol–water partition coefficient (Wildman–Crippen LogP) is 2.81. The van der Waals surface area contributed by atoms with Crippen LogP contribution in [0.3, 0.4) is 0 Å². The Balaban J connectivity index is 2.64. The van der Waals surface area contributed by atoms with Crippen molar-refractivity contribution in [1.29, 1.82) is 0 Å². The van der Waals surface area contributed by atoms with Crippen molar-refractivity contribution < 1.29 is 9.53 Å². The van der Waals surface area contributed by atoms with Crippen LogP contribution in [0.15, 0.2) is 28.7 Å². The van der Waals surface area contributed by atoms with Crippen molar-refractivity contribution in [3.63, 3.8) is 0 Å². The van der Waals surface area contributed by atoms with Crippen molar-refractivity contribution in [2.75, 3.05) is 0 Å². The summed E-state index contributed by atoms with van der Waals surface area (Å²) in [6.07, 6.45) is -0.374. The van der Waals surface area contributed by atoms with Crippen LogP contribution in [-0.4, -0.2) is 11.9 Å². The minimum Gasteiger partial charge on any atom is -0.483 e. The molecule has 1 atom stereocenters. The molecule has 0 aromatic heterocycles. The van der Waals surface area contributed by atoms with E-state index in [2.05, 4.69) is 15.9 Å². The maximum Gasteiger partial charge on any atom is 0.169 e. The monoisotopic (exact) mass is 242 g/mol. The van der Waals surface area contributed by atoms with Gasteiger partial charge in [0.1, 0.15) is 5.75 Å². The van der Waals surface area contributed by atoms with Crippen LogP contribution < -0.4 is 4.74 Å². The fraction of sp³-hybridized carbons (Fsp3) is 0.300. The number of ketones is 1. The van der Waals surface area contributed by atoms with Gasteiger partial charge < -0.3 is 4.74 Å². The third kappa shape index (κ3) is 3.19. The largest absolute Gasteiger partial charge is 0.483 e. The molecule has 1 rings (SSSR count). The normalized spacial score (nSPS) is 12.2. The van der Waals surface area contributed by atoms with Crippen molar-refractivity contribution in [3.8, 4) is 5.75 Å². The lowest BCUT2D eigenvalue weighted by atomic mass is 10.3. The Kier molecular flexibility index (Phi) is 3.48. The second kappa shape index (κ2) is 4.42. The molecule has 0 aliphatic heterocycles. The second-order valence-corrected chi connectivity index (χ2v) is 3.74. The molecule has 3 heteroatoms. The molecule has 1 aromatic carbocycles. The molecule has 0 radical (unpaired) electrons. The van der Waals surface area contributed by atoms with Gasteiger partial charge in [-0.1, -0.05) is 15.9 Å². The number of Topliss-reactive ketones (excluding diaryl/α,β-unsaturated/α-hetero) is 1. The van der Waals surface area contributed by atoms with Crippen LogP contribution in [0.5, 0.6) is 5.75 Å². The van der Waals surface area contributed by atoms with Gasteiger partial charge in [0, 0.05) is 4.47 Å². The minimum absolute atomic E-state index is 0.0305. The molecular weight excluding hydrogens is 232 g/mol. The number of hydrogen-bond acceptors (Lipinski definition) is 2. The van der Waals surface area contributed by atoms with Crippen molar-refractivity contribution in [2.24, 2.45) is 0 Å². The van der Waals surface area contributed by atoms with E-state index in [0.717, 1.165) is 4.47 Å². The quantitative estimate of drug-likeness (QED) is 0.815. The lowest BCUT2D eigenvalue weighted by molar-refractivity contribution is -0.122. The molecule has 1 aromatic rings. The first-order valence-electron chi connectivity index (χ1n) is 4.02. The van der Waals surface area contributed by atoms with E-state index in [-0.39, 0.29) is 11.9 Å². The molecule has 1 unspecified atom stereocenters. The number of ether oxygens (including phenoxy) is 1. The van der Waals surface area contributed by atoms with E-state index in [9.17, 15) is 4.79 Å². The van der Waals surface area contributed by atoms with E-state index < -0.39 is 0 Å². The Morgan fingerprint density at radius 1 is 1.38 bits per heavy atom. The van der Waals surface area contributed by atoms with E-state index in [1.54, 1.807) is 6.92 Å². The Bertz CT molecular complexity index is 292. The fourth-order valence-corrected chi connectivity index (χ4v) is 1.06. The van der Waals surface area contributed by atoms with E-state index in [1.165, 1.54) is 6.92 Å². The standard InChI is InChI=1S/C10H11BrO2/c1-7(12)8(2)13-10-5-3-9(11)4-6-10/h3-6,8H,1-2H3. The molecule has 70 valence electrons. The number of hydrogen-bond donors (Lipinski definition) is 0. The maximum absolute atomic E-state index is 10.9. The zero-order valence-corrected chi connectivity index (χ0v) is 9.17. The van der Waals surface area contributed by atoms with E-state index in [1.807, 2.05) is 24.3 Å². The van der Waals surface area contributed by atoms with Gasteiger partial charge in [0.25, 0.3) is 0 Å². The lowest BCUT2D eigenvalue weighted by Crippen LogP contribution is -2.20. The zero-order valence-electron chi connectivity index (χ0n) is 7.58. The molecular formula is C10H11BrO2. The number of rotatable bonds is 3. The number of halogens is 1. The van der Waals surface area contributed by atoms with Gasteiger partial charge in [0.05, 0.1) is 0 Å². The highest BCUT2D eigenvalue weighted by molar-refractivity contribution is 9.10. The highest BCUT2D eigenvalue weighted by atomic mass is 79.9. The molecule has 0 saturated carbocycles. The number of benzene rings is 1. The maximum atomic E-state index is 10.9. The van der Waals surface area contributed by atoms with E-state index >= 15 is 0 Å². The van der Waals surface area contributed by atoms with Crippen LogP contribution in [0.1, 0.15) is 13.8 Å². The van der Waals surface area contributed by atoms with E-state index in [4.69, 9.17) is 4.74 Å². The summed E-state index contributed by atoms with van der Waals surface area (Å²) in [6.45, 7) is 3.26. The second-order valence-electron chi connectivity index (χ2n) is 2.82. The highest BCUT2D eigenvalue weighted by Gasteiger charge is 2.08. The predicted molar refractivity (Wildman–Crippen MR) is 54.9 cm³/mol. The minimum atomic E-state index is -0.374. The van der Waals surface area contributed by atoms with Gasteiger partial charge in [-0.2, -0.15) is 0 Å². The van der Waals surface area contributed by atoms with Gasteiger partial charge in [-0.25, -0.2) is 0 Å². The summed E-state index contributed by atoms with van der Waals surface area (Å²) in [5, 5.41) is 0. The molecule has 0 N–H and O–H groups in total. The molecule has 0 fully saturated rings. The first-order chi connectivity index (χ1) is 6.09. The van der Waals surface area contributed by atoms with Crippen LogP contribution in [0.4, 0.5) is 0 Å². The van der Waals surface area contributed by atoms with Gasteiger partial charge in [0.15, 0.2) is 11.9 Å². The summed E-state index contributed by atoms with van der Waals surface area (Å²) in [4.78, 5) is 10.9. The molecule has 0 amide bonds. The fourth-order valence-electron chi connectivity index (χ4n) is 0.800. The summed E-state index contributed by atoms with van der Waals surface area (Å²) in [7, 11) is 0. The number of carbonyl (C=O) groups is 1. The van der Waals surface area contributed by atoms with Gasteiger partial charge >= 0.3 is 0 Å². The van der Waals surface area contributed by atoms with Crippen molar-refractivity contribution in [3.05, 3.63) is 28.7 Å². The van der Waals surface area contributed by atoms with Crippen LogP contribution in [0.2, 0.25) is 0 Å². The lowest BCUT2D eigenvalue weighted by Gasteiger charge is -2.10. The Morgan fingerprint density at radius 2 is 1.92 bits per heavy atom. The molecule has 0 saturated heterocycles. The van der Waals surface area contributed by atoms with Gasteiger partial charge in [-0.3, -0.25) is 4.79 Å². The van der Waals surface area contributed by atoms with Crippen LogP contribution in [0, 0.1) is 0 Å². The molecule has 0 aliphatic carbocycles. The SMILES string of the molecule is CC(=O)C(C)Oc1ccc(Br)cc1. The summed E-state index contributed by atoms with van der Waals surface area (Å²) in [6, 6.07) is 7.40. The molecule has 0 heterocycles. The van der Waals surface area contributed by atoms with Gasteiger partial charge in [0.2, 0.25) is 0 Å². The Morgan fingerprint density at radius 3 is 2.38 bits per heavy atom. The van der Waals surface area contributed by atoms with Crippen molar-refractivity contribution >= 4 is 21.7 Å². The summed E-state index contributed by atoms with van der Waals surface area (Å²) < 4.78 is 6.36. The summed E-state index contributed by atoms with van der Waals surface area (Å²) in [5.74, 6) is 0.744. The van der Waals surface area contributed by atoms with Crippen LogP contribution >= 0.6 is 15.9 Å². The van der Waals surface area contributed by atoms with Crippen molar-refractivity contribution in [2.45, 2.75) is 20.0 Å². The topological polar surface area (TPSA) is 26.3 Å². The molecule has 0 spiro atoms. The van der Waals surface area contributed by atoms with Crippen LogP contribution in [0.25, 0.3) is 0 Å². The summed E-state index contributed by atoms with van der Waals surface area (Å²) in [5.41, 5.74) is 0. The highest BCUT2D eigenvalue weighted by Crippen LogP contribution is 2.17. The average molecular weight is 243 g/mol. The Labute approximate surface area is 86.0 Å². The summed E-state index contributed by atoms with van der Waals surface area (Å²) >= 11 is 3.32. The first-order valence-corrected chi connectivity index (χ1v) is 4.81. The zero-order chi connectivity index (χ0) is 9.84. The Hall–Kier alpha value is -0.830. The van der Waals surface area contributed by atoms with Crippen LogP contribution in [-0.2, 0) is 4.79 Å².